The molecule has 1 aromatic heterocycles. The van der Waals surface area contributed by atoms with E-state index >= 15 is 0 Å². The van der Waals surface area contributed by atoms with Gasteiger partial charge in [-0.3, -0.25) is 4.72 Å². The van der Waals surface area contributed by atoms with Gasteiger partial charge in [0, 0.05) is 18.1 Å². The molecule has 1 aliphatic rings. The van der Waals surface area contributed by atoms with E-state index in [1.807, 2.05) is 4.90 Å². The van der Waals surface area contributed by atoms with Gasteiger partial charge < -0.3 is 14.7 Å². The molecular weight excluding hydrogens is 389 g/mol. The number of pyridine rings is 1. The third-order valence-corrected chi connectivity index (χ3v) is 5.52. The number of benzene rings is 1. The second-order valence-electron chi connectivity index (χ2n) is 5.34. The molecule has 1 aromatic carbocycles. The number of morpholine rings is 1. The summed E-state index contributed by atoms with van der Waals surface area (Å²) >= 11 is 11.6. The topological polar surface area (TPSA) is 91.8 Å². The maximum atomic E-state index is 12.5. The molecule has 0 saturated carbocycles. The van der Waals surface area contributed by atoms with Crippen molar-refractivity contribution in [2.45, 2.75) is 4.90 Å². The molecule has 7 nitrogen and oxygen atoms in total. The highest BCUT2D eigenvalue weighted by molar-refractivity contribution is 7.92. The number of sulfonamides is 1. The molecular formula is C15H15Cl2N3O4S. The lowest BCUT2D eigenvalue weighted by molar-refractivity contribution is 0.122. The van der Waals surface area contributed by atoms with Gasteiger partial charge in [-0.2, -0.15) is 0 Å². The highest BCUT2D eigenvalue weighted by Gasteiger charge is 2.22. The van der Waals surface area contributed by atoms with Gasteiger partial charge in [-0.1, -0.05) is 23.2 Å². The number of halogens is 2. The van der Waals surface area contributed by atoms with E-state index in [2.05, 4.69) is 9.71 Å². The summed E-state index contributed by atoms with van der Waals surface area (Å²) < 4.78 is 32.6. The molecule has 25 heavy (non-hydrogen) atoms. The first kappa shape index (κ1) is 18.1. The van der Waals surface area contributed by atoms with Gasteiger partial charge >= 0.3 is 0 Å². The minimum absolute atomic E-state index is 0.101. The van der Waals surface area contributed by atoms with E-state index in [9.17, 15) is 13.5 Å². The Morgan fingerprint density at radius 1 is 1.20 bits per heavy atom. The van der Waals surface area contributed by atoms with E-state index in [0.29, 0.717) is 13.2 Å². The molecule has 1 saturated heterocycles. The van der Waals surface area contributed by atoms with Crippen LogP contribution in [0.2, 0.25) is 10.0 Å². The van der Waals surface area contributed by atoms with Crippen LogP contribution in [0.1, 0.15) is 0 Å². The number of aromatic hydroxyl groups is 1. The summed E-state index contributed by atoms with van der Waals surface area (Å²) in [7, 11) is -4.07. The van der Waals surface area contributed by atoms with E-state index in [1.54, 1.807) is 12.1 Å². The summed E-state index contributed by atoms with van der Waals surface area (Å²) in [5.74, 6) is 0.177. The number of phenolic OH excluding ortho intramolecular Hbond substituents is 1. The molecule has 1 fully saturated rings. The van der Waals surface area contributed by atoms with Gasteiger partial charge in [-0.05, 0) is 24.3 Å². The van der Waals surface area contributed by atoms with Crippen molar-refractivity contribution in [3.05, 3.63) is 40.5 Å². The van der Waals surface area contributed by atoms with E-state index < -0.39 is 20.7 Å². The Kier molecular flexibility index (Phi) is 5.24. The predicted molar refractivity (Wildman–Crippen MR) is 96.2 cm³/mol. The van der Waals surface area contributed by atoms with Crippen molar-refractivity contribution in [3.8, 4) is 5.75 Å². The van der Waals surface area contributed by atoms with Gasteiger partial charge in [0.15, 0.2) is 5.75 Å². The third-order valence-electron chi connectivity index (χ3n) is 3.62. The average molecular weight is 404 g/mol. The molecule has 0 spiro atoms. The maximum absolute atomic E-state index is 12.5. The van der Waals surface area contributed by atoms with Crippen molar-refractivity contribution < 1.29 is 18.3 Å². The number of hydrogen-bond acceptors (Lipinski definition) is 6. The Balaban J connectivity index is 1.81. The molecule has 3 rings (SSSR count). The molecule has 2 aromatic rings. The largest absolute Gasteiger partial charge is 0.505 e. The van der Waals surface area contributed by atoms with Crippen LogP contribution in [0, 0.1) is 0 Å². The van der Waals surface area contributed by atoms with Gasteiger partial charge in [-0.25, -0.2) is 13.4 Å². The molecule has 0 unspecified atom stereocenters. The summed E-state index contributed by atoms with van der Waals surface area (Å²) in [6.07, 6.45) is 1.41. The molecule has 0 aliphatic carbocycles. The van der Waals surface area contributed by atoms with Crippen molar-refractivity contribution in [1.29, 1.82) is 0 Å². The van der Waals surface area contributed by atoms with Crippen LogP contribution >= 0.6 is 23.2 Å². The molecule has 0 radical (unpaired) electrons. The summed E-state index contributed by atoms with van der Waals surface area (Å²) in [5.41, 5.74) is 0.257. The van der Waals surface area contributed by atoms with Crippen molar-refractivity contribution in [2.75, 3.05) is 35.9 Å². The first-order valence-corrected chi connectivity index (χ1v) is 9.60. The molecule has 134 valence electrons. The fraction of sp³-hybridized carbons (Fsp3) is 0.267. The highest BCUT2D eigenvalue weighted by Crippen LogP contribution is 2.35. The maximum Gasteiger partial charge on any atom is 0.265 e. The smallest absolute Gasteiger partial charge is 0.265 e. The van der Waals surface area contributed by atoms with Crippen LogP contribution in [-0.2, 0) is 14.8 Å². The van der Waals surface area contributed by atoms with E-state index in [-0.39, 0.29) is 15.7 Å². The number of nitrogens with one attached hydrogen (secondary N) is 1. The number of anilines is 2. The monoisotopic (exact) mass is 403 g/mol. The van der Waals surface area contributed by atoms with Gasteiger partial charge in [-0.15, -0.1) is 0 Å². The first-order valence-electron chi connectivity index (χ1n) is 7.36. The normalized spacial score (nSPS) is 15.2. The van der Waals surface area contributed by atoms with E-state index in [1.165, 1.54) is 12.3 Å². The Bertz CT molecular complexity index is 869. The van der Waals surface area contributed by atoms with Crippen LogP contribution < -0.4 is 9.62 Å². The van der Waals surface area contributed by atoms with Crippen molar-refractivity contribution >= 4 is 44.7 Å². The molecule has 1 aliphatic heterocycles. The summed E-state index contributed by atoms with van der Waals surface area (Å²) in [5, 5.41) is 9.86. The lowest BCUT2D eigenvalue weighted by atomic mass is 10.3. The van der Waals surface area contributed by atoms with Gasteiger partial charge in [0.1, 0.15) is 10.7 Å². The van der Waals surface area contributed by atoms with Crippen LogP contribution in [0.5, 0.6) is 5.75 Å². The first-order chi connectivity index (χ1) is 11.9. The number of hydrogen-bond donors (Lipinski definition) is 2. The highest BCUT2D eigenvalue weighted by atomic mass is 35.5. The SMILES string of the molecule is O=S(=O)(Nc1ccc(N2CCOCC2)nc1)c1cc(Cl)cc(Cl)c1O. The molecule has 2 N–H and O–H groups in total. The van der Waals surface area contributed by atoms with E-state index in [0.717, 1.165) is 25.0 Å². The van der Waals surface area contributed by atoms with Crippen molar-refractivity contribution in [2.24, 2.45) is 0 Å². The molecule has 0 atom stereocenters. The van der Waals surface area contributed by atoms with E-state index in [4.69, 9.17) is 27.9 Å². The van der Waals surface area contributed by atoms with Crippen LogP contribution in [0.15, 0.2) is 35.4 Å². The predicted octanol–water partition coefficient (Wildman–Crippen LogP) is 2.73. The van der Waals surface area contributed by atoms with Crippen LogP contribution in [-0.4, -0.2) is 44.8 Å². The molecule has 0 amide bonds. The number of aromatic nitrogens is 1. The van der Waals surface area contributed by atoms with Crippen LogP contribution in [0.3, 0.4) is 0 Å². The Morgan fingerprint density at radius 2 is 1.92 bits per heavy atom. The van der Waals surface area contributed by atoms with Crippen LogP contribution in [0.25, 0.3) is 0 Å². The molecule has 2 heterocycles. The minimum Gasteiger partial charge on any atom is -0.505 e. The number of rotatable bonds is 4. The minimum atomic E-state index is -4.07. The summed E-state index contributed by atoms with van der Waals surface area (Å²) in [6, 6.07) is 5.70. The summed E-state index contributed by atoms with van der Waals surface area (Å²) in [6.45, 7) is 2.72. The second-order valence-corrected chi connectivity index (χ2v) is 7.84. The fourth-order valence-electron chi connectivity index (χ4n) is 2.38. The quantitative estimate of drug-likeness (QED) is 0.815. The van der Waals surface area contributed by atoms with Crippen molar-refractivity contribution in [3.63, 3.8) is 0 Å². The molecule has 0 bridgehead atoms. The fourth-order valence-corrected chi connectivity index (χ4v) is 4.19. The van der Waals surface area contributed by atoms with Gasteiger partial charge in [0.05, 0.1) is 30.1 Å². The Hall–Kier alpha value is -1.74. The standard InChI is InChI=1S/C15H15Cl2N3O4S/c16-10-7-12(17)15(21)13(8-10)25(22,23)19-11-1-2-14(18-9-11)20-3-5-24-6-4-20/h1-2,7-9,19,21H,3-6H2. The number of ether oxygens (including phenoxy) is 1. The zero-order valence-electron chi connectivity index (χ0n) is 12.9. The lowest BCUT2D eigenvalue weighted by Crippen LogP contribution is -2.36. The van der Waals surface area contributed by atoms with Crippen molar-refractivity contribution in [1.82, 2.24) is 4.98 Å². The zero-order chi connectivity index (χ0) is 18.0. The number of nitrogens with zero attached hydrogens (tertiary/aromatic N) is 2. The zero-order valence-corrected chi connectivity index (χ0v) is 15.3. The third kappa shape index (κ3) is 4.09. The lowest BCUT2D eigenvalue weighted by Gasteiger charge is -2.27. The Morgan fingerprint density at radius 3 is 2.56 bits per heavy atom. The second kappa shape index (κ2) is 7.25. The van der Waals surface area contributed by atoms with Gasteiger partial charge in [0.25, 0.3) is 10.0 Å². The summed E-state index contributed by atoms with van der Waals surface area (Å²) in [4.78, 5) is 5.91. The van der Waals surface area contributed by atoms with Crippen LogP contribution in [0.4, 0.5) is 11.5 Å². The Labute approximate surface area is 155 Å². The van der Waals surface area contributed by atoms with Gasteiger partial charge in [0.2, 0.25) is 0 Å². The average Bonchev–Trinajstić information content (AvgIpc) is 2.59. The number of phenols is 1. The molecule has 10 heteroatoms.